The van der Waals surface area contributed by atoms with Gasteiger partial charge in [-0.15, -0.1) is 0 Å². The smallest absolute Gasteiger partial charge is 0.338 e. The number of hydrogen-bond acceptors (Lipinski definition) is 6. The Bertz CT molecular complexity index is 836. The highest BCUT2D eigenvalue weighted by atomic mass is 16.6. The highest BCUT2D eigenvalue weighted by Crippen LogP contribution is 2.28. The van der Waals surface area contributed by atoms with Gasteiger partial charge in [0.05, 0.1) is 23.8 Å². The molecular formula is C25H30O6. The van der Waals surface area contributed by atoms with Crippen LogP contribution in [0.3, 0.4) is 0 Å². The molecule has 4 atom stereocenters. The first kappa shape index (κ1) is 23.0. The predicted octanol–water partition coefficient (Wildman–Crippen LogP) is 4.29. The van der Waals surface area contributed by atoms with Crippen molar-refractivity contribution in [2.24, 2.45) is 5.92 Å². The summed E-state index contributed by atoms with van der Waals surface area (Å²) in [6, 6.07) is 17.4. The second-order valence-corrected chi connectivity index (χ2v) is 8.09. The normalized spacial score (nSPS) is 23.4. The molecule has 6 heteroatoms. The summed E-state index contributed by atoms with van der Waals surface area (Å²) in [5.74, 6) is -0.483. The molecule has 1 fully saturated rings. The van der Waals surface area contributed by atoms with Crippen LogP contribution in [0.4, 0.5) is 0 Å². The second kappa shape index (κ2) is 11.1. The summed E-state index contributed by atoms with van der Waals surface area (Å²) < 4.78 is 23.3. The average molecular weight is 427 g/mol. The summed E-state index contributed by atoms with van der Waals surface area (Å²) in [4.78, 5) is 25.4. The van der Waals surface area contributed by atoms with Crippen LogP contribution in [0.5, 0.6) is 0 Å². The van der Waals surface area contributed by atoms with Gasteiger partial charge in [-0.2, -0.15) is 0 Å². The van der Waals surface area contributed by atoms with Crippen molar-refractivity contribution in [2.45, 2.75) is 51.1 Å². The van der Waals surface area contributed by atoms with E-state index >= 15 is 0 Å². The first-order valence-corrected chi connectivity index (χ1v) is 10.7. The van der Waals surface area contributed by atoms with E-state index < -0.39 is 30.3 Å². The van der Waals surface area contributed by atoms with Crippen molar-refractivity contribution in [3.63, 3.8) is 0 Å². The Morgan fingerprint density at radius 3 is 1.97 bits per heavy atom. The zero-order valence-corrected chi connectivity index (χ0v) is 18.2. The molecule has 0 aromatic heterocycles. The molecule has 1 aliphatic rings. The lowest BCUT2D eigenvalue weighted by Crippen LogP contribution is -2.56. The van der Waals surface area contributed by atoms with E-state index in [9.17, 15) is 9.59 Å². The first-order chi connectivity index (χ1) is 15.0. The summed E-state index contributed by atoms with van der Waals surface area (Å²) in [6.45, 7) is 4.41. The summed E-state index contributed by atoms with van der Waals surface area (Å²) in [5, 5.41) is 0. The van der Waals surface area contributed by atoms with Crippen LogP contribution in [0, 0.1) is 5.92 Å². The van der Waals surface area contributed by atoms with Gasteiger partial charge in [-0.25, -0.2) is 9.59 Å². The zero-order valence-electron chi connectivity index (χ0n) is 18.2. The van der Waals surface area contributed by atoms with Crippen LogP contribution >= 0.6 is 0 Å². The SMILES string of the molecule is CO[C@@H]1[C@@H](OC(=O)c2ccccc2)[C@@H](OC(=O)c2ccccc2)CO[C@@H]1CCC(C)C. The number of carbonyl (C=O) groups is 2. The molecule has 0 N–H and O–H groups in total. The molecule has 166 valence electrons. The maximum atomic E-state index is 12.8. The highest BCUT2D eigenvalue weighted by molar-refractivity contribution is 5.90. The maximum absolute atomic E-state index is 12.8. The number of benzene rings is 2. The molecular weight excluding hydrogens is 396 g/mol. The van der Waals surface area contributed by atoms with Gasteiger partial charge < -0.3 is 18.9 Å². The fourth-order valence-electron chi connectivity index (χ4n) is 3.65. The Morgan fingerprint density at radius 2 is 1.45 bits per heavy atom. The molecule has 1 heterocycles. The lowest BCUT2D eigenvalue weighted by Gasteiger charge is -2.41. The molecule has 1 aliphatic heterocycles. The van der Waals surface area contributed by atoms with E-state index in [1.165, 1.54) is 0 Å². The van der Waals surface area contributed by atoms with E-state index in [4.69, 9.17) is 18.9 Å². The average Bonchev–Trinajstić information content (AvgIpc) is 2.79. The molecule has 0 bridgehead atoms. The number of hydrogen-bond donors (Lipinski definition) is 0. The van der Waals surface area contributed by atoms with Gasteiger partial charge in [0.25, 0.3) is 0 Å². The van der Waals surface area contributed by atoms with Gasteiger partial charge in [-0.05, 0) is 43.0 Å². The zero-order chi connectivity index (χ0) is 22.2. The third kappa shape index (κ3) is 6.15. The minimum absolute atomic E-state index is 0.133. The summed E-state index contributed by atoms with van der Waals surface area (Å²) in [5.41, 5.74) is 0.849. The van der Waals surface area contributed by atoms with Gasteiger partial charge >= 0.3 is 11.9 Å². The maximum Gasteiger partial charge on any atom is 0.338 e. The number of methoxy groups -OCH3 is 1. The number of rotatable bonds is 8. The fourth-order valence-corrected chi connectivity index (χ4v) is 3.65. The van der Waals surface area contributed by atoms with Crippen molar-refractivity contribution >= 4 is 11.9 Å². The van der Waals surface area contributed by atoms with Crippen LogP contribution in [0.15, 0.2) is 60.7 Å². The molecule has 0 unspecified atom stereocenters. The van der Waals surface area contributed by atoms with Gasteiger partial charge in [0.2, 0.25) is 0 Å². The van der Waals surface area contributed by atoms with E-state index in [1.54, 1.807) is 55.6 Å². The third-order valence-electron chi connectivity index (χ3n) is 5.35. The van der Waals surface area contributed by atoms with Gasteiger partial charge in [-0.1, -0.05) is 50.2 Å². The van der Waals surface area contributed by atoms with Crippen LogP contribution in [0.2, 0.25) is 0 Å². The van der Waals surface area contributed by atoms with Crippen molar-refractivity contribution in [1.82, 2.24) is 0 Å². The van der Waals surface area contributed by atoms with Crippen molar-refractivity contribution in [3.8, 4) is 0 Å². The molecule has 6 nitrogen and oxygen atoms in total. The Balaban J connectivity index is 1.80. The van der Waals surface area contributed by atoms with Gasteiger partial charge in [0.15, 0.2) is 12.2 Å². The van der Waals surface area contributed by atoms with Gasteiger partial charge in [0.1, 0.15) is 6.10 Å². The lowest BCUT2D eigenvalue weighted by molar-refractivity contribution is -0.199. The second-order valence-electron chi connectivity index (χ2n) is 8.09. The molecule has 2 aromatic carbocycles. The van der Waals surface area contributed by atoms with Crippen LogP contribution < -0.4 is 0 Å². The van der Waals surface area contributed by atoms with Crippen LogP contribution in [0.1, 0.15) is 47.4 Å². The van der Waals surface area contributed by atoms with E-state index in [0.29, 0.717) is 17.0 Å². The van der Waals surface area contributed by atoms with Crippen molar-refractivity contribution in [3.05, 3.63) is 71.8 Å². The van der Waals surface area contributed by atoms with Crippen LogP contribution in [-0.2, 0) is 18.9 Å². The molecule has 3 rings (SSSR count). The Kier molecular flexibility index (Phi) is 8.20. The number of esters is 2. The van der Waals surface area contributed by atoms with Crippen LogP contribution in [0.25, 0.3) is 0 Å². The lowest BCUT2D eigenvalue weighted by atomic mass is 9.93. The molecule has 0 aliphatic carbocycles. The molecule has 0 radical (unpaired) electrons. The largest absolute Gasteiger partial charge is 0.452 e. The number of carbonyl (C=O) groups excluding carboxylic acids is 2. The standard InChI is InChI=1S/C25H30O6/c1-17(2)14-15-20-22(28-3)23(31-25(27)19-12-8-5-9-13-19)21(16-29-20)30-24(26)18-10-6-4-7-11-18/h4-13,17,20-23H,14-16H2,1-3H3/t20-,21+,22+,23+/m1/s1. The van der Waals surface area contributed by atoms with Crippen molar-refractivity contribution in [2.75, 3.05) is 13.7 Å². The molecule has 31 heavy (non-hydrogen) atoms. The molecule has 2 aromatic rings. The third-order valence-corrected chi connectivity index (χ3v) is 5.35. The Morgan fingerprint density at radius 1 is 0.903 bits per heavy atom. The fraction of sp³-hybridized carbons (Fsp3) is 0.440. The monoisotopic (exact) mass is 426 g/mol. The highest BCUT2D eigenvalue weighted by Gasteiger charge is 2.45. The quantitative estimate of drug-likeness (QED) is 0.587. The Labute approximate surface area is 183 Å². The first-order valence-electron chi connectivity index (χ1n) is 10.7. The van der Waals surface area contributed by atoms with Gasteiger partial charge in [-0.3, -0.25) is 0 Å². The van der Waals surface area contributed by atoms with E-state index in [1.807, 2.05) is 12.1 Å². The van der Waals surface area contributed by atoms with E-state index in [-0.39, 0.29) is 12.7 Å². The van der Waals surface area contributed by atoms with Crippen LogP contribution in [-0.4, -0.2) is 50.1 Å². The minimum atomic E-state index is -0.781. The van der Waals surface area contributed by atoms with E-state index in [2.05, 4.69) is 13.8 Å². The predicted molar refractivity (Wildman–Crippen MR) is 116 cm³/mol. The van der Waals surface area contributed by atoms with Crippen molar-refractivity contribution < 1.29 is 28.5 Å². The molecule has 0 saturated carbocycles. The van der Waals surface area contributed by atoms with Crippen molar-refractivity contribution in [1.29, 1.82) is 0 Å². The molecule has 0 amide bonds. The topological polar surface area (TPSA) is 71.1 Å². The minimum Gasteiger partial charge on any atom is -0.452 e. The molecule has 0 spiro atoms. The summed E-state index contributed by atoms with van der Waals surface area (Å²) in [7, 11) is 1.56. The number of ether oxygens (including phenoxy) is 4. The van der Waals surface area contributed by atoms with Gasteiger partial charge in [0, 0.05) is 7.11 Å². The Hall–Kier alpha value is -2.70. The summed E-state index contributed by atoms with van der Waals surface area (Å²) in [6.07, 6.45) is -0.661. The summed E-state index contributed by atoms with van der Waals surface area (Å²) >= 11 is 0. The molecule has 1 saturated heterocycles. The van der Waals surface area contributed by atoms with E-state index in [0.717, 1.165) is 12.8 Å².